The van der Waals surface area contributed by atoms with E-state index in [2.05, 4.69) is 10.3 Å². The van der Waals surface area contributed by atoms with Crippen molar-refractivity contribution in [3.8, 4) is 0 Å². The van der Waals surface area contributed by atoms with Crippen molar-refractivity contribution in [1.82, 2.24) is 4.98 Å². The van der Waals surface area contributed by atoms with Gasteiger partial charge >= 0.3 is 5.97 Å². The van der Waals surface area contributed by atoms with Gasteiger partial charge in [0.1, 0.15) is 10.6 Å². The molecular weight excluding hydrogens is 240 g/mol. The van der Waals surface area contributed by atoms with Crippen molar-refractivity contribution < 1.29 is 14.3 Å². The zero-order valence-electron chi connectivity index (χ0n) is 7.23. The number of hydrogen-bond acceptors (Lipinski definition) is 5. The number of thiophene rings is 1. The van der Waals surface area contributed by atoms with Crippen molar-refractivity contribution in [2.75, 3.05) is 5.32 Å². The van der Waals surface area contributed by atoms with Crippen LogP contribution in [0.5, 0.6) is 0 Å². The molecule has 0 saturated carbocycles. The van der Waals surface area contributed by atoms with Crippen LogP contribution in [0.2, 0.25) is 4.34 Å². The van der Waals surface area contributed by atoms with Crippen molar-refractivity contribution in [3.63, 3.8) is 0 Å². The molecule has 0 aliphatic rings. The Morgan fingerprint density at radius 3 is 3.00 bits per heavy atom. The zero-order chi connectivity index (χ0) is 10.8. The van der Waals surface area contributed by atoms with E-state index in [1.807, 2.05) is 0 Å². The molecule has 0 radical (unpaired) electrons. The Balaban J connectivity index is 2.18. The first-order valence-corrected chi connectivity index (χ1v) is 5.11. The van der Waals surface area contributed by atoms with E-state index in [1.54, 1.807) is 11.4 Å². The Morgan fingerprint density at radius 2 is 2.47 bits per heavy atom. The summed E-state index contributed by atoms with van der Waals surface area (Å²) in [7, 11) is 0. The Kier molecular flexibility index (Phi) is 2.61. The fourth-order valence-electron chi connectivity index (χ4n) is 0.926. The first kappa shape index (κ1) is 10.0. The molecular formula is C8H5ClN2O3S. The Bertz CT molecular complexity index is 494. The lowest BCUT2D eigenvalue weighted by molar-refractivity contribution is 0.0690. The van der Waals surface area contributed by atoms with E-state index in [0.717, 1.165) is 6.26 Å². The van der Waals surface area contributed by atoms with Crippen molar-refractivity contribution in [1.29, 1.82) is 0 Å². The van der Waals surface area contributed by atoms with E-state index in [-0.39, 0.29) is 11.7 Å². The molecule has 2 aromatic heterocycles. The second-order valence-electron chi connectivity index (χ2n) is 2.58. The molecule has 0 atom stereocenters. The van der Waals surface area contributed by atoms with E-state index < -0.39 is 5.97 Å². The third-order valence-electron chi connectivity index (χ3n) is 1.58. The SMILES string of the molecule is O=C(O)c1coc(Nc2ccsc2Cl)n1. The summed E-state index contributed by atoms with van der Waals surface area (Å²) in [5, 5.41) is 13.2. The largest absolute Gasteiger partial charge is 0.476 e. The molecule has 0 spiro atoms. The number of nitrogens with zero attached hydrogens (tertiary/aromatic N) is 1. The highest BCUT2D eigenvalue weighted by Crippen LogP contribution is 2.30. The van der Waals surface area contributed by atoms with Gasteiger partial charge in [-0.2, -0.15) is 4.98 Å². The second kappa shape index (κ2) is 3.92. The molecule has 2 rings (SSSR count). The van der Waals surface area contributed by atoms with E-state index in [4.69, 9.17) is 21.1 Å². The summed E-state index contributed by atoms with van der Waals surface area (Å²) in [5.74, 6) is -1.14. The van der Waals surface area contributed by atoms with E-state index in [0.29, 0.717) is 10.0 Å². The predicted octanol–water partition coefficient (Wildman–Crippen LogP) is 2.83. The van der Waals surface area contributed by atoms with Gasteiger partial charge in [-0.3, -0.25) is 0 Å². The van der Waals surface area contributed by atoms with Crippen LogP contribution in [0.25, 0.3) is 0 Å². The van der Waals surface area contributed by atoms with Crippen molar-refractivity contribution >= 4 is 40.6 Å². The number of rotatable bonds is 3. The molecule has 0 aromatic carbocycles. The predicted molar refractivity (Wildman–Crippen MR) is 56.1 cm³/mol. The Labute approximate surface area is 93.3 Å². The molecule has 15 heavy (non-hydrogen) atoms. The number of halogens is 1. The minimum Gasteiger partial charge on any atom is -0.476 e. The number of hydrogen-bond donors (Lipinski definition) is 2. The van der Waals surface area contributed by atoms with Crippen molar-refractivity contribution in [2.24, 2.45) is 0 Å². The number of anilines is 2. The monoisotopic (exact) mass is 244 g/mol. The lowest BCUT2D eigenvalue weighted by Crippen LogP contribution is -1.96. The van der Waals surface area contributed by atoms with Gasteiger partial charge < -0.3 is 14.8 Å². The number of carboxylic acid groups (broad SMARTS) is 1. The molecule has 7 heteroatoms. The molecule has 5 nitrogen and oxygen atoms in total. The first-order valence-electron chi connectivity index (χ1n) is 3.85. The molecule has 2 N–H and O–H groups in total. The van der Waals surface area contributed by atoms with Crippen LogP contribution in [-0.2, 0) is 0 Å². The Hall–Kier alpha value is -1.53. The van der Waals surface area contributed by atoms with Gasteiger partial charge in [-0.1, -0.05) is 11.6 Å². The number of oxazole rings is 1. The summed E-state index contributed by atoms with van der Waals surface area (Å²) in [6.07, 6.45) is 1.06. The third-order valence-corrected chi connectivity index (χ3v) is 2.75. The van der Waals surface area contributed by atoms with E-state index in [9.17, 15) is 4.79 Å². The smallest absolute Gasteiger partial charge is 0.357 e. The highest BCUT2D eigenvalue weighted by Gasteiger charge is 2.11. The molecule has 78 valence electrons. The number of aromatic carboxylic acids is 1. The highest BCUT2D eigenvalue weighted by atomic mass is 35.5. The van der Waals surface area contributed by atoms with Crippen LogP contribution in [0.3, 0.4) is 0 Å². The zero-order valence-corrected chi connectivity index (χ0v) is 8.80. The molecule has 0 unspecified atom stereocenters. The topological polar surface area (TPSA) is 75.4 Å². The molecule has 0 fully saturated rings. The van der Waals surface area contributed by atoms with Crippen LogP contribution in [0.1, 0.15) is 10.5 Å². The van der Waals surface area contributed by atoms with Crippen LogP contribution in [-0.4, -0.2) is 16.1 Å². The van der Waals surface area contributed by atoms with Gasteiger partial charge in [-0.05, 0) is 11.4 Å². The summed E-state index contributed by atoms with van der Waals surface area (Å²) in [6, 6.07) is 1.85. The molecule has 0 amide bonds. The van der Waals surface area contributed by atoms with E-state index in [1.165, 1.54) is 11.3 Å². The normalized spacial score (nSPS) is 10.2. The summed E-state index contributed by atoms with van der Waals surface area (Å²) < 4.78 is 5.46. The van der Waals surface area contributed by atoms with Gasteiger partial charge in [-0.15, -0.1) is 11.3 Å². The van der Waals surface area contributed by atoms with Crippen LogP contribution >= 0.6 is 22.9 Å². The summed E-state index contributed by atoms with van der Waals surface area (Å²) in [4.78, 5) is 14.2. The molecule has 0 bridgehead atoms. The van der Waals surface area contributed by atoms with Gasteiger partial charge in [-0.25, -0.2) is 4.79 Å². The molecule has 2 aromatic rings. The van der Waals surface area contributed by atoms with Gasteiger partial charge in [0.25, 0.3) is 6.01 Å². The lowest BCUT2D eigenvalue weighted by Gasteiger charge is -1.96. The van der Waals surface area contributed by atoms with Crippen LogP contribution in [0, 0.1) is 0 Å². The summed E-state index contributed by atoms with van der Waals surface area (Å²) in [5.41, 5.74) is 0.490. The average molecular weight is 245 g/mol. The first-order chi connectivity index (χ1) is 7.16. The maximum Gasteiger partial charge on any atom is 0.357 e. The maximum atomic E-state index is 10.5. The van der Waals surface area contributed by atoms with Crippen molar-refractivity contribution in [3.05, 3.63) is 27.7 Å². The van der Waals surface area contributed by atoms with Crippen molar-refractivity contribution in [2.45, 2.75) is 0 Å². The standard InChI is InChI=1S/C8H5ClN2O3S/c9-6-4(1-2-15-6)10-8-11-5(3-14-8)7(12)13/h1-3H,(H,10,11)(H,12,13). The van der Waals surface area contributed by atoms with Crippen LogP contribution in [0.15, 0.2) is 22.1 Å². The highest BCUT2D eigenvalue weighted by molar-refractivity contribution is 7.15. The molecule has 2 heterocycles. The fourth-order valence-corrected chi connectivity index (χ4v) is 1.76. The number of nitrogens with one attached hydrogen (secondary N) is 1. The molecule has 0 saturated heterocycles. The van der Waals surface area contributed by atoms with Gasteiger partial charge in [0.15, 0.2) is 5.69 Å². The summed E-state index contributed by atoms with van der Waals surface area (Å²) >= 11 is 7.18. The van der Waals surface area contributed by atoms with Crippen LogP contribution < -0.4 is 5.32 Å². The Morgan fingerprint density at radius 1 is 1.67 bits per heavy atom. The van der Waals surface area contributed by atoms with Gasteiger partial charge in [0.05, 0.1) is 5.69 Å². The molecule has 0 aliphatic carbocycles. The van der Waals surface area contributed by atoms with Gasteiger partial charge in [0, 0.05) is 0 Å². The average Bonchev–Trinajstić information content (AvgIpc) is 2.77. The van der Waals surface area contributed by atoms with Crippen LogP contribution in [0.4, 0.5) is 11.7 Å². The lowest BCUT2D eigenvalue weighted by atomic mass is 10.5. The van der Waals surface area contributed by atoms with E-state index >= 15 is 0 Å². The van der Waals surface area contributed by atoms with Gasteiger partial charge in [0.2, 0.25) is 0 Å². The quantitative estimate of drug-likeness (QED) is 0.868. The summed E-state index contributed by atoms with van der Waals surface area (Å²) in [6.45, 7) is 0. The number of aromatic nitrogens is 1. The molecule has 0 aliphatic heterocycles. The number of carbonyl (C=O) groups is 1. The second-order valence-corrected chi connectivity index (χ2v) is 4.09. The fraction of sp³-hybridized carbons (Fsp3) is 0. The minimum absolute atomic E-state index is 0.104. The number of carboxylic acids is 1. The maximum absolute atomic E-state index is 10.5. The third kappa shape index (κ3) is 2.11. The minimum atomic E-state index is -1.14.